The number of carbonyl (C=O) groups is 1. The zero-order chi connectivity index (χ0) is 20.9. The maximum Gasteiger partial charge on any atom is 0.343 e. The average molecular weight is 418 g/mol. The van der Waals surface area contributed by atoms with Crippen LogP contribution in [0.1, 0.15) is 15.9 Å². The monoisotopic (exact) mass is 418 g/mol. The summed E-state index contributed by atoms with van der Waals surface area (Å²) in [7, 11) is 0. The molecule has 0 aliphatic carbocycles. The summed E-state index contributed by atoms with van der Waals surface area (Å²) in [5, 5.41) is 11.4. The Bertz CT molecular complexity index is 1250. The van der Waals surface area contributed by atoms with Crippen LogP contribution in [0.2, 0.25) is 0 Å². The molecular weight excluding hydrogens is 403 g/mol. The zero-order valence-corrected chi connectivity index (χ0v) is 16.3. The second-order valence-electron chi connectivity index (χ2n) is 6.24. The Morgan fingerprint density at radius 2 is 1.73 bits per heavy atom. The van der Waals surface area contributed by atoms with E-state index in [0.717, 1.165) is 11.1 Å². The molecule has 0 atom stereocenters. The molecule has 0 fully saturated rings. The van der Waals surface area contributed by atoms with Gasteiger partial charge >= 0.3 is 5.97 Å². The Morgan fingerprint density at radius 3 is 2.43 bits per heavy atom. The Kier molecular flexibility index (Phi) is 5.58. The maximum absolute atomic E-state index is 13.0. The molecule has 0 unspecified atom stereocenters. The highest BCUT2D eigenvalue weighted by molar-refractivity contribution is 7.71. The summed E-state index contributed by atoms with van der Waals surface area (Å²) in [6, 6.07) is 21.5. The lowest BCUT2D eigenvalue weighted by Gasteiger charge is -2.05. The highest BCUT2D eigenvalue weighted by Gasteiger charge is 2.09. The van der Waals surface area contributed by atoms with Gasteiger partial charge in [0.25, 0.3) is 0 Å². The molecule has 148 valence electrons. The van der Waals surface area contributed by atoms with Gasteiger partial charge in [0.2, 0.25) is 4.77 Å². The molecule has 3 aromatic carbocycles. The van der Waals surface area contributed by atoms with Crippen LogP contribution < -0.4 is 4.74 Å². The summed E-state index contributed by atoms with van der Waals surface area (Å²) in [5.41, 5.74) is 1.92. The maximum atomic E-state index is 13.0. The molecule has 0 saturated heterocycles. The number of rotatable bonds is 5. The Labute approximate surface area is 176 Å². The third-order valence-electron chi connectivity index (χ3n) is 4.18. The fraction of sp³-hybridized carbons (Fsp3) is 0. The van der Waals surface area contributed by atoms with E-state index in [-0.39, 0.29) is 5.56 Å². The molecule has 1 heterocycles. The van der Waals surface area contributed by atoms with Crippen LogP contribution in [0, 0.1) is 10.6 Å². The predicted molar refractivity (Wildman–Crippen MR) is 114 cm³/mol. The minimum Gasteiger partial charge on any atom is -0.423 e. The molecule has 1 aromatic heterocycles. The van der Waals surface area contributed by atoms with Crippen LogP contribution in [0.15, 0.2) is 84.0 Å². The highest BCUT2D eigenvalue weighted by Crippen LogP contribution is 2.17. The van der Waals surface area contributed by atoms with E-state index in [4.69, 9.17) is 17.0 Å². The number of carbonyl (C=O) groups excluding carboxylic acids is 1. The normalized spacial score (nSPS) is 11.0. The topological polar surface area (TPSA) is 72.3 Å². The number of nitrogens with zero attached hydrogens (tertiary/aromatic N) is 3. The van der Waals surface area contributed by atoms with E-state index < -0.39 is 11.8 Å². The molecule has 6 nitrogen and oxygen atoms in total. The van der Waals surface area contributed by atoms with Gasteiger partial charge in [-0.1, -0.05) is 30.3 Å². The summed E-state index contributed by atoms with van der Waals surface area (Å²) in [4.78, 5) is 12.1. The summed E-state index contributed by atoms with van der Waals surface area (Å²) in [5.74, 6) is -0.00923. The number of nitrogens with one attached hydrogen (secondary N) is 1. The lowest BCUT2D eigenvalue weighted by Crippen LogP contribution is -2.08. The number of esters is 1. The molecule has 0 radical (unpaired) electrons. The smallest absolute Gasteiger partial charge is 0.343 e. The number of hydrogen-bond donors (Lipinski definition) is 1. The average Bonchev–Trinajstić information content (AvgIpc) is 3.14. The van der Waals surface area contributed by atoms with E-state index in [9.17, 15) is 9.18 Å². The number of benzene rings is 3. The molecule has 0 spiro atoms. The van der Waals surface area contributed by atoms with Crippen LogP contribution in [0.5, 0.6) is 5.75 Å². The van der Waals surface area contributed by atoms with Gasteiger partial charge in [-0.3, -0.25) is 0 Å². The van der Waals surface area contributed by atoms with Gasteiger partial charge in [-0.15, -0.1) is 0 Å². The third kappa shape index (κ3) is 4.39. The Morgan fingerprint density at radius 1 is 1.03 bits per heavy atom. The number of H-pyrrole nitrogens is 1. The lowest BCUT2D eigenvalue weighted by molar-refractivity contribution is 0.0734. The summed E-state index contributed by atoms with van der Waals surface area (Å²) < 4.78 is 20.2. The Balaban J connectivity index is 1.49. The van der Waals surface area contributed by atoms with E-state index in [1.807, 2.05) is 30.3 Å². The van der Waals surface area contributed by atoms with E-state index >= 15 is 0 Å². The van der Waals surface area contributed by atoms with E-state index in [1.54, 1.807) is 30.5 Å². The van der Waals surface area contributed by atoms with Gasteiger partial charge in [0.1, 0.15) is 11.6 Å². The number of hydrogen-bond acceptors (Lipinski definition) is 5. The van der Waals surface area contributed by atoms with Crippen molar-refractivity contribution < 1.29 is 13.9 Å². The lowest BCUT2D eigenvalue weighted by atomic mass is 10.2. The standard InChI is InChI=1S/C22H15FN4O2S/c23-18-10-8-17(9-11-18)21(28)29-19-12-6-15(7-13-19)14-24-27-20(25-26-22(27)30)16-4-2-1-3-5-16/h1-14H,(H,26,30)/b24-14-. The molecule has 4 rings (SSSR count). The molecule has 0 aliphatic rings. The Hall–Kier alpha value is -3.91. The van der Waals surface area contributed by atoms with Crippen LogP contribution in [-0.2, 0) is 0 Å². The van der Waals surface area contributed by atoms with E-state index in [1.165, 1.54) is 28.9 Å². The van der Waals surface area contributed by atoms with Gasteiger partial charge in [0, 0.05) is 5.56 Å². The van der Waals surface area contributed by atoms with Gasteiger partial charge in [-0.05, 0) is 66.3 Å². The predicted octanol–water partition coefficient (Wildman–Crippen LogP) is 4.85. The first-order valence-corrected chi connectivity index (χ1v) is 9.36. The second-order valence-corrected chi connectivity index (χ2v) is 6.63. The molecule has 30 heavy (non-hydrogen) atoms. The van der Waals surface area contributed by atoms with Crippen molar-refractivity contribution in [1.82, 2.24) is 14.9 Å². The molecule has 0 aliphatic heterocycles. The van der Waals surface area contributed by atoms with Crippen LogP contribution >= 0.6 is 12.2 Å². The molecule has 0 saturated carbocycles. The van der Waals surface area contributed by atoms with Crippen LogP contribution in [0.3, 0.4) is 0 Å². The molecular formula is C22H15FN4O2S. The third-order valence-corrected chi connectivity index (χ3v) is 4.44. The minimum atomic E-state index is -0.561. The van der Waals surface area contributed by atoms with Crippen molar-refractivity contribution in [3.63, 3.8) is 0 Å². The van der Waals surface area contributed by atoms with Crippen molar-refractivity contribution in [2.75, 3.05) is 0 Å². The van der Waals surface area contributed by atoms with Gasteiger partial charge < -0.3 is 4.74 Å². The fourth-order valence-corrected chi connectivity index (χ4v) is 2.85. The SMILES string of the molecule is O=C(Oc1ccc(/C=N\n2c(-c3ccccc3)n[nH]c2=S)cc1)c1ccc(F)cc1. The van der Waals surface area contributed by atoms with E-state index in [0.29, 0.717) is 16.3 Å². The van der Waals surface area contributed by atoms with Gasteiger partial charge in [0.15, 0.2) is 5.82 Å². The minimum absolute atomic E-state index is 0.268. The molecule has 0 amide bonds. The van der Waals surface area contributed by atoms with E-state index in [2.05, 4.69) is 15.3 Å². The van der Waals surface area contributed by atoms with Crippen molar-refractivity contribution in [2.45, 2.75) is 0 Å². The molecule has 8 heteroatoms. The number of ether oxygens (including phenoxy) is 1. The largest absolute Gasteiger partial charge is 0.423 e. The van der Waals surface area contributed by atoms with Crippen molar-refractivity contribution in [1.29, 1.82) is 0 Å². The van der Waals surface area contributed by atoms with Crippen molar-refractivity contribution in [3.8, 4) is 17.1 Å². The summed E-state index contributed by atoms with van der Waals surface area (Å²) in [6.07, 6.45) is 1.63. The number of halogens is 1. The van der Waals surface area contributed by atoms with Crippen molar-refractivity contribution in [2.24, 2.45) is 5.10 Å². The van der Waals surface area contributed by atoms with Crippen LogP contribution in [0.4, 0.5) is 4.39 Å². The first-order chi connectivity index (χ1) is 14.6. The highest BCUT2D eigenvalue weighted by atomic mass is 32.1. The van der Waals surface area contributed by atoms with Gasteiger partial charge in [-0.25, -0.2) is 14.3 Å². The molecule has 1 N–H and O–H groups in total. The summed E-state index contributed by atoms with van der Waals surface area (Å²) in [6.45, 7) is 0. The van der Waals surface area contributed by atoms with Gasteiger partial charge in [-0.2, -0.15) is 14.9 Å². The van der Waals surface area contributed by atoms with Crippen molar-refractivity contribution >= 4 is 24.4 Å². The van der Waals surface area contributed by atoms with Crippen molar-refractivity contribution in [3.05, 3.63) is 101 Å². The molecule has 4 aromatic rings. The van der Waals surface area contributed by atoms with Crippen LogP contribution in [0.25, 0.3) is 11.4 Å². The number of aromatic nitrogens is 3. The first-order valence-electron chi connectivity index (χ1n) is 8.95. The first kappa shape index (κ1) is 19.4. The van der Waals surface area contributed by atoms with Crippen LogP contribution in [-0.4, -0.2) is 27.1 Å². The summed E-state index contributed by atoms with van der Waals surface area (Å²) >= 11 is 5.26. The number of aromatic amines is 1. The van der Waals surface area contributed by atoms with Gasteiger partial charge in [0.05, 0.1) is 11.8 Å². The molecule has 0 bridgehead atoms. The zero-order valence-electron chi connectivity index (χ0n) is 15.5. The fourth-order valence-electron chi connectivity index (χ4n) is 2.67. The second kappa shape index (κ2) is 8.62. The quantitative estimate of drug-likeness (QED) is 0.218.